The number of halogens is 7. The number of rotatable bonds is 12. The van der Waals surface area contributed by atoms with Crippen LogP contribution in [0.5, 0.6) is 5.75 Å². The van der Waals surface area contributed by atoms with Crippen LogP contribution in [0.15, 0.2) is 42.6 Å². The number of nitrogens with zero attached hydrogens (tertiary/aromatic N) is 4. The van der Waals surface area contributed by atoms with Gasteiger partial charge in [-0.3, -0.25) is 9.69 Å². The highest BCUT2D eigenvalue weighted by Crippen LogP contribution is 2.45. The van der Waals surface area contributed by atoms with Gasteiger partial charge in [0, 0.05) is 18.3 Å². The predicted octanol–water partition coefficient (Wildman–Crippen LogP) is 5.26. The van der Waals surface area contributed by atoms with E-state index in [2.05, 4.69) is 10.3 Å². The number of carboxylic acids is 1. The first-order valence-corrected chi connectivity index (χ1v) is 12.0. The van der Waals surface area contributed by atoms with Gasteiger partial charge < -0.3 is 19.3 Å². The lowest BCUT2D eigenvalue weighted by Crippen LogP contribution is -2.30. The van der Waals surface area contributed by atoms with E-state index in [1.54, 1.807) is 0 Å². The van der Waals surface area contributed by atoms with E-state index < -0.39 is 58.4 Å². The molecule has 0 unspecified atom stereocenters. The summed E-state index contributed by atoms with van der Waals surface area (Å²) < 4.78 is 112. The van der Waals surface area contributed by atoms with Crippen molar-refractivity contribution in [2.45, 2.75) is 25.3 Å². The molecule has 0 radical (unpaired) electrons. The van der Waals surface area contributed by atoms with E-state index >= 15 is 0 Å². The molecule has 17 heteroatoms. The molecule has 0 aliphatic heterocycles. The number of benzene rings is 2. The van der Waals surface area contributed by atoms with E-state index in [1.807, 2.05) is 0 Å². The van der Waals surface area contributed by atoms with Crippen molar-refractivity contribution in [3.8, 4) is 17.0 Å². The lowest BCUT2D eigenvalue weighted by atomic mass is 10.0. The topological polar surface area (TPSA) is 116 Å². The van der Waals surface area contributed by atoms with Gasteiger partial charge >= 0.3 is 24.4 Å². The van der Waals surface area contributed by atoms with Gasteiger partial charge in [0.15, 0.2) is 5.75 Å². The monoisotopic (exact) mass is 608 g/mol. The lowest BCUT2D eigenvalue weighted by Gasteiger charge is -2.22. The molecule has 10 nitrogen and oxygen atoms in total. The van der Waals surface area contributed by atoms with Gasteiger partial charge in [-0.15, -0.1) is 5.10 Å². The van der Waals surface area contributed by atoms with E-state index in [4.69, 9.17) is 19.3 Å². The Morgan fingerprint density at radius 3 is 2.19 bits per heavy atom. The molecule has 1 amide bonds. The molecule has 0 saturated carbocycles. The summed E-state index contributed by atoms with van der Waals surface area (Å²) in [4.78, 5) is 23.9. The number of aromatic nitrogens is 3. The average Bonchev–Trinajstić information content (AvgIpc) is 3.37. The number of alkyl halides is 6. The fraction of sp³-hybridized carbons (Fsp3) is 0.360. The van der Waals surface area contributed by atoms with Crippen molar-refractivity contribution < 1.29 is 59.6 Å². The second kappa shape index (κ2) is 13.6. The molecule has 0 aliphatic rings. The third kappa shape index (κ3) is 8.87. The number of amides is 1. The largest absolute Gasteiger partial charge is 0.481 e. The number of ether oxygens (including phenoxy) is 3. The molecule has 1 heterocycles. The zero-order valence-corrected chi connectivity index (χ0v) is 21.7. The predicted molar refractivity (Wildman–Crippen MR) is 130 cm³/mol. The molecule has 0 saturated heterocycles. The second-order valence-electron chi connectivity index (χ2n) is 8.53. The molecule has 1 aromatic heterocycles. The van der Waals surface area contributed by atoms with Gasteiger partial charge in [-0.2, -0.15) is 26.3 Å². The quantitative estimate of drug-likeness (QED) is 0.219. The zero-order chi connectivity index (χ0) is 31.1. The molecule has 2 aromatic carbocycles. The van der Waals surface area contributed by atoms with E-state index in [1.165, 1.54) is 0 Å². The molecular weight excluding hydrogens is 585 g/mol. The van der Waals surface area contributed by atoms with Gasteiger partial charge in [0.2, 0.25) is 0 Å². The van der Waals surface area contributed by atoms with Crippen molar-refractivity contribution in [2.24, 2.45) is 0 Å². The third-order valence-corrected chi connectivity index (χ3v) is 5.51. The highest BCUT2D eigenvalue weighted by Gasteiger charge is 2.42. The molecule has 0 spiro atoms. The number of carbonyl (C=O) groups is 2. The molecule has 228 valence electrons. The van der Waals surface area contributed by atoms with Gasteiger partial charge in [-0.05, 0) is 36.4 Å². The maximum Gasteiger partial charge on any atom is 0.420 e. The van der Waals surface area contributed by atoms with Crippen molar-refractivity contribution in [1.29, 1.82) is 0 Å². The summed E-state index contributed by atoms with van der Waals surface area (Å²) in [6, 6.07) is 4.43. The van der Waals surface area contributed by atoms with E-state index in [0.29, 0.717) is 6.07 Å². The van der Waals surface area contributed by atoms with Crippen molar-refractivity contribution in [3.05, 3.63) is 59.5 Å². The number of anilines is 1. The second-order valence-corrected chi connectivity index (χ2v) is 8.53. The van der Waals surface area contributed by atoms with Crippen LogP contribution >= 0.6 is 0 Å². The smallest absolute Gasteiger partial charge is 0.420 e. The van der Waals surface area contributed by atoms with Crippen LogP contribution < -0.4 is 9.64 Å². The Labute approximate surface area is 233 Å². The maximum absolute atomic E-state index is 14.0. The molecule has 1 N–H and O–H groups in total. The summed E-state index contributed by atoms with van der Waals surface area (Å²) >= 11 is 0. The van der Waals surface area contributed by atoms with E-state index in [0.717, 1.165) is 47.1 Å². The summed E-state index contributed by atoms with van der Waals surface area (Å²) in [5, 5.41) is 15.9. The Balaban J connectivity index is 1.87. The highest BCUT2D eigenvalue weighted by atomic mass is 19.4. The minimum absolute atomic E-state index is 0.00814. The van der Waals surface area contributed by atoms with Crippen LogP contribution in [0.25, 0.3) is 11.3 Å². The van der Waals surface area contributed by atoms with Crippen LogP contribution in [-0.4, -0.2) is 65.6 Å². The number of carbonyl (C=O) groups excluding carboxylic acids is 1. The normalized spacial score (nSPS) is 11.9. The van der Waals surface area contributed by atoms with Crippen LogP contribution in [-0.2, 0) is 33.2 Å². The van der Waals surface area contributed by atoms with E-state index in [-0.39, 0.29) is 51.1 Å². The Hall–Kier alpha value is -4.25. The number of carboxylic acid groups (broad SMARTS) is 1. The molecule has 0 bridgehead atoms. The van der Waals surface area contributed by atoms with Gasteiger partial charge in [-0.25, -0.2) is 13.9 Å². The van der Waals surface area contributed by atoms with Crippen molar-refractivity contribution in [2.75, 3.05) is 38.4 Å². The minimum atomic E-state index is -5.38. The standard InChI is InChI=1S/C25H23F7N4O6/c1-35(17-4-2-16(26)3-5-17)23(39)42-22-18(12-15(24(27,28)29)13-19(22)25(30,31)32)20-14-36(34-33-20)7-9-41-11-10-40-8-6-21(37)38/h2-5,12-14H,6-11H2,1H3,(H,37,38). The first kappa shape index (κ1) is 32.3. The molecule has 3 aromatic rings. The maximum atomic E-state index is 14.0. The molecule has 3 rings (SSSR count). The Morgan fingerprint density at radius 2 is 1.60 bits per heavy atom. The summed E-state index contributed by atoms with van der Waals surface area (Å²) in [5.74, 6) is -2.92. The first-order valence-electron chi connectivity index (χ1n) is 12.0. The molecule has 0 atom stereocenters. The lowest BCUT2D eigenvalue weighted by molar-refractivity contribution is -0.143. The number of aliphatic carboxylic acids is 1. The minimum Gasteiger partial charge on any atom is -0.481 e. The molecule has 0 fully saturated rings. The summed E-state index contributed by atoms with van der Waals surface area (Å²) in [7, 11) is 1.11. The van der Waals surface area contributed by atoms with Gasteiger partial charge in [0.1, 0.15) is 11.5 Å². The van der Waals surface area contributed by atoms with Gasteiger partial charge in [0.05, 0.1) is 56.7 Å². The fourth-order valence-corrected chi connectivity index (χ4v) is 3.40. The Morgan fingerprint density at radius 1 is 0.952 bits per heavy atom. The average molecular weight is 608 g/mol. The van der Waals surface area contributed by atoms with Crippen molar-refractivity contribution >= 4 is 17.7 Å². The van der Waals surface area contributed by atoms with Crippen LogP contribution in [0.3, 0.4) is 0 Å². The SMILES string of the molecule is CN(C(=O)Oc1c(-c2cn(CCOCCOCCC(=O)O)nn2)cc(C(F)(F)F)cc1C(F)(F)F)c1ccc(F)cc1. The Bertz CT molecular complexity index is 1380. The summed E-state index contributed by atoms with van der Waals surface area (Å²) in [5.41, 5.74) is -4.79. The number of hydrogen-bond donors (Lipinski definition) is 1. The van der Waals surface area contributed by atoms with Crippen molar-refractivity contribution in [3.63, 3.8) is 0 Å². The van der Waals surface area contributed by atoms with Crippen LogP contribution in [0.4, 0.5) is 41.2 Å². The number of hydrogen-bond acceptors (Lipinski definition) is 7. The van der Waals surface area contributed by atoms with E-state index in [9.17, 15) is 40.3 Å². The highest BCUT2D eigenvalue weighted by molar-refractivity contribution is 5.90. The molecule has 0 aliphatic carbocycles. The Kier molecular flexibility index (Phi) is 10.5. The van der Waals surface area contributed by atoms with Crippen molar-refractivity contribution in [1.82, 2.24) is 15.0 Å². The summed E-state index contributed by atoms with van der Waals surface area (Å²) in [6.45, 7) is 0.114. The van der Waals surface area contributed by atoms with Crippen LogP contribution in [0.2, 0.25) is 0 Å². The first-order chi connectivity index (χ1) is 19.7. The zero-order valence-electron chi connectivity index (χ0n) is 21.7. The molecular formula is C25H23F7N4O6. The van der Waals surface area contributed by atoms with Gasteiger partial charge in [-0.1, -0.05) is 5.21 Å². The molecule has 42 heavy (non-hydrogen) atoms. The van der Waals surface area contributed by atoms with Crippen LogP contribution in [0, 0.1) is 5.82 Å². The fourth-order valence-electron chi connectivity index (χ4n) is 3.40. The van der Waals surface area contributed by atoms with Gasteiger partial charge in [0.25, 0.3) is 0 Å². The van der Waals surface area contributed by atoms with Crippen LogP contribution in [0.1, 0.15) is 17.5 Å². The summed E-state index contributed by atoms with van der Waals surface area (Å²) in [6.07, 6.45) is -11.1. The third-order valence-electron chi connectivity index (χ3n) is 5.51.